The van der Waals surface area contributed by atoms with Crippen molar-refractivity contribution in [3.05, 3.63) is 48.0 Å². The van der Waals surface area contributed by atoms with Crippen molar-refractivity contribution in [2.75, 3.05) is 0 Å². The molecule has 7 atom stereocenters. The second-order valence-corrected chi connectivity index (χ2v) is 6.19. The summed E-state index contributed by atoms with van der Waals surface area (Å²) in [7, 11) is 0. The van der Waals surface area contributed by atoms with E-state index < -0.39 is 0 Å². The highest BCUT2D eigenvalue weighted by Gasteiger charge is 2.70. The highest BCUT2D eigenvalue weighted by molar-refractivity contribution is 5.37. The maximum absolute atomic E-state index is 2.57. The Morgan fingerprint density at radius 1 is 0.812 bits per heavy atom. The fourth-order valence-corrected chi connectivity index (χ4v) is 4.97. The molecule has 1 aromatic carbocycles. The van der Waals surface area contributed by atoms with Gasteiger partial charge in [-0.05, 0) is 53.4 Å². The Morgan fingerprint density at radius 3 is 2.50 bits per heavy atom. The Morgan fingerprint density at radius 2 is 1.62 bits per heavy atom. The molecule has 16 heavy (non-hydrogen) atoms. The van der Waals surface area contributed by atoms with Gasteiger partial charge in [0.05, 0.1) is 0 Å². The van der Waals surface area contributed by atoms with Crippen LogP contribution in [0, 0.1) is 35.5 Å². The molecule has 0 amide bonds. The number of hydrogen-bond acceptors (Lipinski definition) is 0. The van der Waals surface area contributed by atoms with Crippen molar-refractivity contribution in [1.82, 2.24) is 0 Å². The topological polar surface area (TPSA) is 0 Å². The van der Waals surface area contributed by atoms with Crippen LogP contribution in [0.1, 0.15) is 17.9 Å². The van der Waals surface area contributed by atoms with Crippen LogP contribution in [0.4, 0.5) is 0 Å². The molecule has 0 heteroatoms. The van der Waals surface area contributed by atoms with Gasteiger partial charge in [-0.2, -0.15) is 0 Å². The van der Waals surface area contributed by atoms with Gasteiger partial charge in [0.25, 0.3) is 0 Å². The Hall–Kier alpha value is -1.04. The van der Waals surface area contributed by atoms with Gasteiger partial charge in [-0.15, -0.1) is 0 Å². The predicted octanol–water partition coefficient (Wildman–Crippen LogP) is 3.47. The van der Waals surface area contributed by atoms with E-state index in [2.05, 4.69) is 42.5 Å². The van der Waals surface area contributed by atoms with E-state index >= 15 is 0 Å². The van der Waals surface area contributed by atoms with Gasteiger partial charge in [0.2, 0.25) is 0 Å². The molecule has 0 saturated heterocycles. The smallest absolute Gasteiger partial charge is 0.00592 e. The summed E-state index contributed by atoms with van der Waals surface area (Å²) in [4.78, 5) is 0. The molecule has 4 aliphatic rings. The first kappa shape index (κ1) is 8.11. The molecule has 0 aromatic heterocycles. The monoisotopic (exact) mass is 208 g/mol. The molecule has 1 aromatic rings. The molecule has 80 valence electrons. The molecule has 0 aliphatic heterocycles. The zero-order valence-electron chi connectivity index (χ0n) is 9.29. The molecule has 3 fully saturated rings. The third-order valence-electron chi connectivity index (χ3n) is 5.64. The predicted molar refractivity (Wildman–Crippen MR) is 63.9 cm³/mol. The van der Waals surface area contributed by atoms with Crippen LogP contribution >= 0.6 is 0 Å². The number of hydrogen-bond donors (Lipinski definition) is 0. The fraction of sp³-hybridized carbons (Fsp3) is 0.500. The Labute approximate surface area is 96.4 Å². The van der Waals surface area contributed by atoms with Gasteiger partial charge in [-0.1, -0.05) is 42.5 Å². The standard InChI is InChI=1S/C16H16/c1-2-4-9(5-3-1)14-10-6-7-11-15(16(11)14)13-8-12(10)13/h1-7,10-16H,8H2/t10-,11?,12+,13+,14-,15?,16-/m1/s1. The lowest BCUT2D eigenvalue weighted by molar-refractivity contribution is 0.320. The van der Waals surface area contributed by atoms with Crippen LogP contribution in [0.5, 0.6) is 0 Å². The summed E-state index contributed by atoms with van der Waals surface area (Å²) >= 11 is 0. The lowest BCUT2D eigenvalue weighted by Gasteiger charge is -2.31. The minimum absolute atomic E-state index is 0.866. The average molecular weight is 208 g/mol. The van der Waals surface area contributed by atoms with Crippen LogP contribution in [0.25, 0.3) is 0 Å². The van der Waals surface area contributed by atoms with Crippen LogP contribution < -0.4 is 0 Å². The Balaban J connectivity index is 1.64. The molecule has 2 bridgehead atoms. The first-order chi connectivity index (χ1) is 7.95. The number of fused-ring (bicyclic) bond motifs is 5. The number of rotatable bonds is 1. The summed E-state index contributed by atoms with van der Waals surface area (Å²) in [5.41, 5.74) is 1.61. The first-order valence-electron chi connectivity index (χ1n) is 6.68. The van der Waals surface area contributed by atoms with Crippen molar-refractivity contribution in [3.63, 3.8) is 0 Å². The summed E-state index contributed by atoms with van der Waals surface area (Å²) < 4.78 is 0. The van der Waals surface area contributed by atoms with Crippen molar-refractivity contribution in [2.24, 2.45) is 35.5 Å². The quantitative estimate of drug-likeness (QED) is 0.620. The molecular formula is C16H16. The molecular weight excluding hydrogens is 192 g/mol. The lowest BCUT2D eigenvalue weighted by Crippen LogP contribution is -2.22. The molecule has 2 unspecified atom stereocenters. The summed E-state index contributed by atoms with van der Waals surface area (Å²) in [6, 6.07) is 11.3. The number of benzene rings is 1. The van der Waals surface area contributed by atoms with Gasteiger partial charge in [-0.25, -0.2) is 0 Å². The van der Waals surface area contributed by atoms with Crippen molar-refractivity contribution >= 4 is 0 Å². The van der Waals surface area contributed by atoms with Crippen LogP contribution in [0.2, 0.25) is 0 Å². The minimum atomic E-state index is 0.866. The molecule has 3 saturated carbocycles. The van der Waals surface area contributed by atoms with E-state index in [0.717, 1.165) is 41.4 Å². The number of allylic oxidation sites excluding steroid dienone is 2. The van der Waals surface area contributed by atoms with Crippen molar-refractivity contribution in [2.45, 2.75) is 12.3 Å². The maximum Gasteiger partial charge on any atom is -0.00592 e. The molecule has 0 radical (unpaired) electrons. The maximum atomic E-state index is 2.57. The van der Waals surface area contributed by atoms with E-state index in [-0.39, 0.29) is 0 Å². The van der Waals surface area contributed by atoms with Crippen LogP contribution in [0.15, 0.2) is 42.5 Å². The van der Waals surface area contributed by atoms with Gasteiger partial charge >= 0.3 is 0 Å². The van der Waals surface area contributed by atoms with E-state index in [1.807, 2.05) is 0 Å². The molecule has 0 heterocycles. The summed E-state index contributed by atoms with van der Waals surface area (Å²) in [6.07, 6.45) is 6.65. The first-order valence-corrected chi connectivity index (χ1v) is 6.68. The zero-order chi connectivity index (χ0) is 10.3. The van der Waals surface area contributed by atoms with E-state index in [0.29, 0.717) is 0 Å². The molecule has 0 spiro atoms. The molecule has 0 N–H and O–H groups in total. The Bertz CT molecular complexity index is 472. The zero-order valence-corrected chi connectivity index (χ0v) is 9.29. The van der Waals surface area contributed by atoms with Crippen molar-refractivity contribution < 1.29 is 0 Å². The summed E-state index contributed by atoms with van der Waals surface area (Å²) in [6.45, 7) is 0. The van der Waals surface area contributed by atoms with Crippen molar-refractivity contribution in [3.8, 4) is 0 Å². The van der Waals surface area contributed by atoms with E-state index in [1.54, 1.807) is 5.56 Å². The lowest BCUT2D eigenvalue weighted by atomic mass is 9.73. The van der Waals surface area contributed by atoms with Gasteiger partial charge < -0.3 is 0 Å². The largest absolute Gasteiger partial charge is 0.0845 e. The fourth-order valence-electron chi connectivity index (χ4n) is 4.97. The normalized spacial score (nSPS) is 54.4. The Kier molecular flexibility index (Phi) is 1.24. The van der Waals surface area contributed by atoms with E-state index in [1.165, 1.54) is 6.42 Å². The molecule has 4 aliphatic carbocycles. The molecule has 0 nitrogen and oxygen atoms in total. The van der Waals surface area contributed by atoms with E-state index in [4.69, 9.17) is 0 Å². The van der Waals surface area contributed by atoms with Crippen LogP contribution in [-0.4, -0.2) is 0 Å². The van der Waals surface area contributed by atoms with Gasteiger partial charge in [0, 0.05) is 0 Å². The van der Waals surface area contributed by atoms with E-state index in [9.17, 15) is 0 Å². The minimum Gasteiger partial charge on any atom is -0.0845 e. The van der Waals surface area contributed by atoms with Gasteiger partial charge in [0.1, 0.15) is 0 Å². The summed E-state index contributed by atoms with van der Waals surface area (Å²) in [5.74, 6) is 6.97. The van der Waals surface area contributed by atoms with Gasteiger partial charge in [0.15, 0.2) is 0 Å². The third-order valence-corrected chi connectivity index (χ3v) is 5.64. The van der Waals surface area contributed by atoms with Crippen molar-refractivity contribution in [1.29, 1.82) is 0 Å². The second-order valence-electron chi connectivity index (χ2n) is 6.19. The summed E-state index contributed by atoms with van der Waals surface area (Å²) in [5, 5.41) is 0. The van der Waals surface area contributed by atoms with Crippen LogP contribution in [-0.2, 0) is 0 Å². The highest BCUT2D eigenvalue weighted by Crippen LogP contribution is 2.77. The molecule has 5 rings (SSSR count). The average Bonchev–Trinajstić information content (AvgIpc) is 3.19. The third kappa shape index (κ3) is 0.806. The highest BCUT2D eigenvalue weighted by atomic mass is 14.7. The van der Waals surface area contributed by atoms with Crippen LogP contribution in [0.3, 0.4) is 0 Å². The second kappa shape index (κ2) is 2.45. The van der Waals surface area contributed by atoms with Gasteiger partial charge in [-0.3, -0.25) is 0 Å². The SMILES string of the molecule is C1=C[C@@H]2[C@@H]3C[C@@H]3C3C1[C@@H]3[C@@H]2c1ccccc1.